The predicted octanol–water partition coefficient (Wildman–Crippen LogP) is 4.74. The Kier molecular flexibility index (Phi) is 9.22. The van der Waals surface area contributed by atoms with Gasteiger partial charge in [0.25, 0.3) is 5.91 Å². The van der Waals surface area contributed by atoms with Crippen molar-refractivity contribution in [2.24, 2.45) is 0 Å². The highest BCUT2D eigenvalue weighted by molar-refractivity contribution is 6.30. The van der Waals surface area contributed by atoms with E-state index in [2.05, 4.69) is 5.32 Å². The second kappa shape index (κ2) is 11.9. The molecule has 5 nitrogen and oxygen atoms in total. The average Bonchev–Trinajstić information content (AvgIpc) is 2.71. The molecule has 0 fully saturated rings. The predicted molar refractivity (Wildman–Crippen MR) is 112 cm³/mol. The zero-order chi connectivity index (χ0) is 20.2. The van der Waals surface area contributed by atoms with Crippen molar-refractivity contribution in [1.29, 1.82) is 0 Å². The van der Waals surface area contributed by atoms with Gasteiger partial charge in [0.15, 0.2) is 18.1 Å². The Morgan fingerprint density at radius 3 is 2.57 bits per heavy atom. The Labute approximate surface area is 171 Å². The standard InChI is InChI=1S/C22H26ClNO4/c1-3-6-17-7-12-20(21(15-17)26-2)28-16-22(25)24-13-4-5-14-27-19-10-8-18(23)9-11-19/h3,6-12,15H,4-5,13-14,16H2,1-2H3,(H,24,25)/b6-3+. The van der Waals surface area contributed by atoms with E-state index in [-0.39, 0.29) is 12.5 Å². The highest BCUT2D eigenvalue weighted by atomic mass is 35.5. The van der Waals surface area contributed by atoms with E-state index in [4.69, 9.17) is 25.8 Å². The van der Waals surface area contributed by atoms with Crippen molar-refractivity contribution < 1.29 is 19.0 Å². The Bertz CT molecular complexity index is 775. The number of unbranched alkanes of at least 4 members (excludes halogenated alkanes) is 1. The molecule has 0 saturated carbocycles. The highest BCUT2D eigenvalue weighted by Crippen LogP contribution is 2.28. The van der Waals surface area contributed by atoms with Crippen molar-refractivity contribution in [2.45, 2.75) is 19.8 Å². The first-order valence-electron chi connectivity index (χ1n) is 9.21. The van der Waals surface area contributed by atoms with Crippen molar-refractivity contribution in [1.82, 2.24) is 5.32 Å². The topological polar surface area (TPSA) is 56.8 Å². The number of methoxy groups -OCH3 is 1. The molecule has 0 aliphatic carbocycles. The lowest BCUT2D eigenvalue weighted by molar-refractivity contribution is -0.123. The average molecular weight is 404 g/mol. The summed E-state index contributed by atoms with van der Waals surface area (Å²) in [7, 11) is 1.58. The number of halogens is 1. The molecule has 0 saturated heterocycles. The van der Waals surface area contributed by atoms with Gasteiger partial charge in [0.1, 0.15) is 5.75 Å². The minimum Gasteiger partial charge on any atom is -0.494 e. The molecule has 2 aromatic carbocycles. The smallest absolute Gasteiger partial charge is 0.257 e. The van der Waals surface area contributed by atoms with E-state index in [1.807, 2.05) is 43.3 Å². The third-order valence-electron chi connectivity index (χ3n) is 3.88. The van der Waals surface area contributed by atoms with Gasteiger partial charge in [-0.15, -0.1) is 0 Å². The van der Waals surface area contributed by atoms with Gasteiger partial charge in [-0.1, -0.05) is 29.8 Å². The Balaban J connectivity index is 1.63. The lowest BCUT2D eigenvalue weighted by atomic mass is 10.2. The molecule has 0 bridgehead atoms. The fraction of sp³-hybridized carbons (Fsp3) is 0.318. The van der Waals surface area contributed by atoms with Crippen molar-refractivity contribution in [3.05, 3.63) is 59.1 Å². The van der Waals surface area contributed by atoms with Crippen LogP contribution < -0.4 is 19.5 Å². The molecule has 0 aliphatic heterocycles. The van der Waals surface area contributed by atoms with E-state index in [1.54, 1.807) is 25.3 Å². The Morgan fingerprint density at radius 2 is 1.86 bits per heavy atom. The fourth-order valence-electron chi connectivity index (χ4n) is 2.47. The molecular formula is C22H26ClNO4. The maximum absolute atomic E-state index is 11.9. The van der Waals surface area contributed by atoms with Gasteiger partial charge in [-0.05, 0) is 61.7 Å². The summed E-state index contributed by atoms with van der Waals surface area (Å²) in [5, 5.41) is 3.52. The molecule has 0 unspecified atom stereocenters. The number of carbonyl (C=O) groups excluding carboxylic acids is 1. The van der Waals surface area contributed by atoms with E-state index < -0.39 is 0 Å². The van der Waals surface area contributed by atoms with Crippen LogP contribution in [0, 0.1) is 0 Å². The summed E-state index contributed by atoms with van der Waals surface area (Å²) >= 11 is 5.83. The van der Waals surface area contributed by atoms with Crippen LogP contribution in [0.5, 0.6) is 17.2 Å². The van der Waals surface area contributed by atoms with Gasteiger partial charge < -0.3 is 19.5 Å². The number of allylic oxidation sites excluding steroid dienone is 1. The summed E-state index contributed by atoms with van der Waals surface area (Å²) in [5.41, 5.74) is 1.01. The number of amides is 1. The number of hydrogen-bond acceptors (Lipinski definition) is 4. The molecule has 2 aromatic rings. The van der Waals surface area contributed by atoms with Crippen LogP contribution in [0.3, 0.4) is 0 Å². The second-order valence-electron chi connectivity index (χ2n) is 6.06. The number of benzene rings is 2. The van der Waals surface area contributed by atoms with Crippen LogP contribution in [0.4, 0.5) is 0 Å². The van der Waals surface area contributed by atoms with Crippen molar-refractivity contribution in [3.63, 3.8) is 0 Å². The summed E-state index contributed by atoms with van der Waals surface area (Å²) in [5.74, 6) is 1.76. The van der Waals surface area contributed by atoms with Crippen molar-refractivity contribution >= 4 is 23.6 Å². The number of ether oxygens (including phenoxy) is 3. The molecule has 6 heteroatoms. The van der Waals surface area contributed by atoms with Crippen LogP contribution in [0.15, 0.2) is 48.5 Å². The lowest BCUT2D eigenvalue weighted by Crippen LogP contribution is -2.29. The van der Waals surface area contributed by atoms with E-state index in [1.165, 1.54) is 0 Å². The molecule has 0 heterocycles. The molecule has 0 aliphatic rings. The summed E-state index contributed by atoms with van der Waals surface area (Å²) in [6.07, 6.45) is 5.57. The van der Waals surface area contributed by atoms with Gasteiger partial charge in [0.2, 0.25) is 0 Å². The van der Waals surface area contributed by atoms with Gasteiger partial charge in [-0.25, -0.2) is 0 Å². The SMILES string of the molecule is C/C=C/c1ccc(OCC(=O)NCCCCOc2ccc(Cl)cc2)c(OC)c1. The first-order chi connectivity index (χ1) is 13.6. The van der Waals surface area contributed by atoms with E-state index in [0.29, 0.717) is 29.7 Å². The van der Waals surface area contributed by atoms with Crippen LogP contribution in [0.2, 0.25) is 5.02 Å². The molecule has 1 amide bonds. The Morgan fingerprint density at radius 1 is 1.07 bits per heavy atom. The minimum atomic E-state index is -0.168. The molecular weight excluding hydrogens is 378 g/mol. The van der Waals surface area contributed by atoms with Crippen molar-refractivity contribution in [3.8, 4) is 17.2 Å². The van der Waals surface area contributed by atoms with Gasteiger partial charge in [-0.3, -0.25) is 4.79 Å². The van der Waals surface area contributed by atoms with Crippen molar-refractivity contribution in [2.75, 3.05) is 26.9 Å². The van der Waals surface area contributed by atoms with Crippen LogP contribution in [0.1, 0.15) is 25.3 Å². The van der Waals surface area contributed by atoms with E-state index in [0.717, 1.165) is 24.2 Å². The molecule has 0 radical (unpaired) electrons. The molecule has 2 rings (SSSR count). The highest BCUT2D eigenvalue weighted by Gasteiger charge is 2.08. The normalized spacial score (nSPS) is 10.7. The maximum atomic E-state index is 11.9. The minimum absolute atomic E-state index is 0.0550. The van der Waals surface area contributed by atoms with Gasteiger partial charge in [-0.2, -0.15) is 0 Å². The first-order valence-corrected chi connectivity index (χ1v) is 9.58. The van der Waals surface area contributed by atoms with Crippen LogP contribution >= 0.6 is 11.6 Å². The Hall–Kier alpha value is -2.66. The van der Waals surface area contributed by atoms with Gasteiger partial charge >= 0.3 is 0 Å². The molecule has 0 aromatic heterocycles. The molecule has 0 atom stereocenters. The largest absolute Gasteiger partial charge is 0.494 e. The summed E-state index contributed by atoms with van der Waals surface area (Å²) in [6, 6.07) is 12.8. The molecule has 1 N–H and O–H groups in total. The molecule has 28 heavy (non-hydrogen) atoms. The monoisotopic (exact) mass is 403 g/mol. The maximum Gasteiger partial charge on any atom is 0.257 e. The van der Waals surface area contributed by atoms with Gasteiger partial charge in [0.05, 0.1) is 13.7 Å². The summed E-state index contributed by atoms with van der Waals surface area (Å²) < 4.78 is 16.5. The van der Waals surface area contributed by atoms with Gasteiger partial charge in [0, 0.05) is 11.6 Å². The number of carbonyl (C=O) groups is 1. The number of rotatable bonds is 11. The zero-order valence-corrected chi connectivity index (χ0v) is 17.0. The molecule has 0 spiro atoms. The lowest BCUT2D eigenvalue weighted by Gasteiger charge is -2.11. The second-order valence-corrected chi connectivity index (χ2v) is 6.49. The molecule has 150 valence electrons. The van der Waals surface area contributed by atoms with Crippen LogP contribution in [-0.4, -0.2) is 32.8 Å². The van der Waals surface area contributed by atoms with E-state index in [9.17, 15) is 4.79 Å². The zero-order valence-electron chi connectivity index (χ0n) is 16.2. The quantitative estimate of drug-likeness (QED) is 0.551. The van der Waals surface area contributed by atoms with Crippen LogP contribution in [0.25, 0.3) is 6.08 Å². The number of hydrogen-bond donors (Lipinski definition) is 1. The summed E-state index contributed by atoms with van der Waals surface area (Å²) in [4.78, 5) is 11.9. The summed E-state index contributed by atoms with van der Waals surface area (Å²) in [6.45, 7) is 3.05. The van der Waals surface area contributed by atoms with Crippen LogP contribution in [-0.2, 0) is 4.79 Å². The first kappa shape index (κ1) is 21.6. The fourth-order valence-corrected chi connectivity index (χ4v) is 2.60. The third-order valence-corrected chi connectivity index (χ3v) is 4.13. The third kappa shape index (κ3) is 7.53. The van der Waals surface area contributed by atoms with E-state index >= 15 is 0 Å². The number of nitrogens with one attached hydrogen (secondary N) is 1.